The van der Waals surface area contributed by atoms with E-state index in [-0.39, 0.29) is 6.03 Å². The molecule has 0 radical (unpaired) electrons. The van der Waals surface area contributed by atoms with Crippen molar-refractivity contribution in [3.63, 3.8) is 0 Å². The van der Waals surface area contributed by atoms with E-state index >= 15 is 0 Å². The molecule has 1 heterocycles. The Bertz CT molecular complexity index is 482. The Balaban J connectivity index is 1.68. The summed E-state index contributed by atoms with van der Waals surface area (Å²) in [5.41, 5.74) is 0. The Hall–Kier alpha value is -1.01. The Labute approximate surface area is 133 Å². The topological polar surface area (TPSA) is 49.4 Å². The van der Waals surface area contributed by atoms with Crippen molar-refractivity contribution >= 4 is 28.6 Å². The number of nitrogens with zero attached hydrogens (tertiary/aromatic N) is 1. The minimum atomic E-state index is -0.851. The van der Waals surface area contributed by atoms with E-state index in [1.165, 1.54) is 4.90 Å². The summed E-state index contributed by atoms with van der Waals surface area (Å²) in [5, 5.41) is 2.84. The number of urea groups is 1. The minimum Gasteiger partial charge on any atom is -0.337 e. The van der Waals surface area contributed by atoms with E-state index < -0.39 is 10.8 Å². The van der Waals surface area contributed by atoms with Crippen LogP contribution in [0.5, 0.6) is 0 Å². The van der Waals surface area contributed by atoms with E-state index in [4.69, 9.17) is 0 Å². The molecule has 1 aromatic rings. The van der Waals surface area contributed by atoms with E-state index in [1.54, 1.807) is 6.26 Å². The fraction of sp³-hybridized carbons (Fsp3) is 0.533. The Morgan fingerprint density at radius 3 is 2.90 bits per heavy atom. The molecule has 1 N–H and O–H groups in total. The van der Waals surface area contributed by atoms with Crippen molar-refractivity contribution in [1.29, 1.82) is 0 Å². The molecule has 2 atom stereocenters. The molecule has 116 valence electrons. The van der Waals surface area contributed by atoms with Gasteiger partial charge in [-0.15, -0.1) is 11.8 Å². The molecule has 1 fully saturated rings. The molecule has 1 aliphatic rings. The second-order valence-corrected chi connectivity index (χ2v) is 7.88. The van der Waals surface area contributed by atoms with Gasteiger partial charge in [0.25, 0.3) is 0 Å². The van der Waals surface area contributed by atoms with Crippen molar-refractivity contribution in [2.75, 3.05) is 37.4 Å². The zero-order valence-corrected chi connectivity index (χ0v) is 13.9. The van der Waals surface area contributed by atoms with Crippen LogP contribution in [-0.4, -0.2) is 52.5 Å². The van der Waals surface area contributed by atoms with Gasteiger partial charge in [-0.3, -0.25) is 4.21 Å². The zero-order valence-electron chi connectivity index (χ0n) is 12.3. The van der Waals surface area contributed by atoms with Gasteiger partial charge in [-0.25, -0.2) is 4.79 Å². The number of carbonyl (C=O) groups is 1. The van der Waals surface area contributed by atoms with Gasteiger partial charge in [0.15, 0.2) is 0 Å². The fourth-order valence-corrected chi connectivity index (χ4v) is 3.74. The van der Waals surface area contributed by atoms with Crippen molar-refractivity contribution in [3.05, 3.63) is 30.3 Å². The second-order valence-electron chi connectivity index (χ2n) is 5.23. The molecule has 0 bridgehead atoms. The standard InChI is InChI=1S/C15H22N2O2S2/c1-21(19)10-8-16-15(18)17-9-7-13(11-17)12-20-14-5-3-2-4-6-14/h2-6,13H,7-12H2,1H3,(H,16,18). The number of benzene rings is 1. The Morgan fingerprint density at radius 2 is 2.19 bits per heavy atom. The summed E-state index contributed by atoms with van der Waals surface area (Å²) in [6, 6.07) is 10.3. The SMILES string of the molecule is CS(=O)CCNC(=O)N1CCC(CSc2ccccc2)C1. The molecule has 1 aliphatic heterocycles. The van der Waals surface area contributed by atoms with Gasteiger partial charge >= 0.3 is 6.03 Å². The lowest BCUT2D eigenvalue weighted by Gasteiger charge is -2.17. The summed E-state index contributed by atoms with van der Waals surface area (Å²) in [4.78, 5) is 15.1. The van der Waals surface area contributed by atoms with Crippen LogP contribution >= 0.6 is 11.8 Å². The molecule has 2 amide bonds. The summed E-state index contributed by atoms with van der Waals surface area (Å²) in [6.07, 6.45) is 2.71. The normalized spacial score (nSPS) is 19.5. The van der Waals surface area contributed by atoms with Gasteiger partial charge in [0.1, 0.15) is 0 Å². The molecule has 2 rings (SSSR count). The van der Waals surface area contributed by atoms with Crippen LogP contribution in [0.1, 0.15) is 6.42 Å². The zero-order chi connectivity index (χ0) is 15.1. The van der Waals surface area contributed by atoms with E-state index in [9.17, 15) is 9.00 Å². The van der Waals surface area contributed by atoms with Crippen molar-refractivity contribution in [1.82, 2.24) is 10.2 Å². The van der Waals surface area contributed by atoms with E-state index in [0.717, 1.165) is 25.3 Å². The predicted molar refractivity (Wildman–Crippen MR) is 89.2 cm³/mol. The summed E-state index contributed by atoms with van der Waals surface area (Å²) in [6.45, 7) is 2.13. The summed E-state index contributed by atoms with van der Waals surface area (Å²) >= 11 is 1.85. The summed E-state index contributed by atoms with van der Waals surface area (Å²) in [7, 11) is -0.851. The number of rotatable bonds is 6. The van der Waals surface area contributed by atoms with Gasteiger partial charge in [0, 0.05) is 53.1 Å². The first kappa shape index (κ1) is 16.4. The molecule has 1 aromatic carbocycles. The second kappa shape index (κ2) is 8.44. The third kappa shape index (κ3) is 5.71. The molecule has 0 aliphatic carbocycles. The van der Waals surface area contributed by atoms with E-state index in [1.807, 2.05) is 22.7 Å². The maximum absolute atomic E-state index is 12.0. The number of hydrogen-bond donors (Lipinski definition) is 1. The van der Waals surface area contributed by atoms with Gasteiger partial charge in [0.2, 0.25) is 0 Å². The van der Waals surface area contributed by atoms with Gasteiger partial charge in [-0.2, -0.15) is 0 Å². The molecule has 4 nitrogen and oxygen atoms in total. The minimum absolute atomic E-state index is 0.0207. The van der Waals surface area contributed by atoms with E-state index in [0.29, 0.717) is 18.2 Å². The highest BCUT2D eigenvalue weighted by Gasteiger charge is 2.25. The van der Waals surface area contributed by atoms with Crippen molar-refractivity contribution < 1.29 is 9.00 Å². The third-order valence-electron chi connectivity index (χ3n) is 3.47. The van der Waals surface area contributed by atoms with Crippen LogP contribution in [0.15, 0.2) is 35.2 Å². The van der Waals surface area contributed by atoms with Crippen LogP contribution in [-0.2, 0) is 10.8 Å². The van der Waals surface area contributed by atoms with Crippen molar-refractivity contribution in [2.24, 2.45) is 5.92 Å². The summed E-state index contributed by atoms with van der Waals surface area (Å²) in [5.74, 6) is 2.13. The van der Waals surface area contributed by atoms with Crippen LogP contribution in [0.25, 0.3) is 0 Å². The first-order valence-electron chi connectivity index (χ1n) is 7.16. The van der Waals surface area contributed by atoms with Gasteiger partial charge in [0.05, 0.1) is 0 Å². The number of nitrogens with one attached hydrogen (secondary N) is 1. The number of thioether (sulfide) groups is 1. The van der Waals surface area contributed by atoms with Crippen LogP contribution in [0, 0.1) is 5.92 Å². The maximum Gasteiger partial charge on any atom is 0.317 e. The van der Waals surface area contributed by atoms with Gasteiger partial charge in [-0.05, 0) is 24.5 Å². The molecular weight excluding hydrogens is 304 g/mol. The number of carbonyl (C=O) groups excluding carboxylic acids is 1. The largest absolute Gasteiger partial charge is 0.337 e. The fourth-order valence-electron chi connectivity index (χ4n) is 2.30. The highest BCUT2D eigenvalue weighted by Crippen LogP contribution is 2.25. The Kier molecular flexibility index (Phi) is 6.57. The van der Waals surface area contributed by atoms with Crippen molar-refractivity contribution in [3.8, 4) is 0 Å². The molecular formula is C15H22N2O2S2. The van der Waals surface area contributed by atoms with Crippen molar-refractivity contribution in [2.45, 2.75) is 11.3 Å². The predicted octanol–water partition coefficient (Wildman–Crippen LogP) is 2.19. The van der Waals surface area contributed by atoms with Crippen LogP contribution in [0.2, 0.25) is 0 Å². The van der Waals surface area contributed by atoms with Gasteiger partial charge < -0.3 is 10.2 Å². The molecule has 0 aromatic heterocycles. The average Bonchev–Trinajstić information content (AvgIpc) is 2.95. The lowest BCUT2D eigenvalue weighted by atomic mass is 10.2. The van der Waals surface area contributed by atoms with Gasteiger partial charge in [-0.1, -0.05) is 18.2 Å². The molecule has 0 spiro atoms. The monoisotopic (exact) mass is 326 g/mol. The number of hydrogen-bond acceptors (Lipinski definition) is 3. The van der Waals surface area contributed by atoms with Crippen LogP contribution in [0.4, 0.5) is 4.79 Å². The quantitative estimate of drug-likeness (QED) is 0.815. The molecule has 2 unspecified atom stereocenters. The maximum atomic E-state index is 12.0. The third-order valence-corrected chi connectivity index (χ3v) is 5.49. The molecule has 21 heavy (non-hydrogen) atoms. The molecule has 6 heteroatoms. The molecule has 0 saturated carbocycles. The smallest absolute Gasteiger partial charge is 0.317 e. The number of amides is 2. The highest BCUT2D eigenvalue weighted by atomic mass is 32.2. The van der Waals surface area contributed by atoms with E-state index in [2.05, 4.69) is 29.6 Å². The Morgan fingerprint density at radius 1 is 1.43 bits per heavy atom. The van der Waals surface area contributed by atoms with Crippen LogP contribution in [0.3, 0.4) is 0 Å². The first-order chi connectivity index (χ1) is 10.1. The summed E-state index contributed by atoms with van der Waals surface area (Å²) < 4.78 is 11.0. The number of likely N-dealkylation sites (tertiary alicyclic amines) is 1. The van der Waals surface area contributed by atoms with Crippen LogP contribution < -0.4 is 5.32 Å². The molecule has 1 saturated heterocycles. The highest BCUT2D eigenvalue weighted by molar-refractivity contribution is 7.99. The first-order valence-corrected chi connectivity index (χ1v) is 9.87. The lowest BCUT2D eigenvalue weighted by Crippen LogP contribution is -2.40. The average molecular weight is 326 g/mol. The lowest BCUT2D eigenvalue weighted by molar-refractivity contribution is 0.208.